The first kappa shape index (κ1) is 15.2. The zero-order valence-electron chi connectivity index (χ0n) is 10.4. The number of rotatable bonds is 4. The molecule has 0 bridgehead atoms. The maximum atomic E-state index is 12.2. The molecule has 0 unspecified atom stereocenters. The van der Waals surface area contributed by atoms with Crippen molar-refractivity contribution in [1.82, 2.24) is 4.98 Å². The van der Waals surface area contributed by atoms with Crippen LogP contribution in [0.3, 0.4) is 0 Å². The third kappa shape index (κ3) is 4.38. The Kier molecular flexibility index (Phi) is 4.37. The average molecular weight is 314 g/mol. The van der Waals surface area contributed by atoms with E-state index in [9.17, 15) is 18.0 Å². The van der Waals surface area contributed by atoms with Gasteiger partial charge in [0, 0.05) is 16.8 Å². The van der Waals surface area contributed by atoms with E-state index in [1.165, 1.54) is 42.7 Å². The van der Waals surface area contributed by atoms with Crippen molar-refractivity contribution in [3.8, 4) is 0 Å². The van der Waals surface area contributed by atoms with Crippen LogP contribution in [-0.2, 0) is 0 Å². The molecule has 0 saturated carbocycles. The van der Waals surface area contributed by atoms with Gasteiger partial charge in [-0.05, 0) is 42.1 Å². The summed E-state index contributed by atoms with van der Waals surface area (Å²) in [6.45, 7) is 0. The van der Waals surface area contributed by atoms with Crippen LogP contribution in [0.4, 0.5) is 24.5 Å². The molecule has 8 heteroatoms. The molecule has 0 aliphatic rings. The summed E-state index contributed by atoms with van der Waals surface area (Å²) < 4.78 is 36.6. The highest BCUT2D eigenvalue weighted by atomic mass is 32.2. The normalized spacial score (nSPS) is 11.2. The molecule has 1 aromatic carbocycles. The number of alkyl halides is 3. The van der Waals surface area contributed by atoms with E-state index in [-0.39, 0.29) is 27.9 Å². The Labute approximate surface area is 122 Å². The first-order chi connectivity index (χ1) is 9.85. The van der Waals surface area contributed by atoms with E-state index in [0.29, 0.717) is 5.69 Å². The molecule has 4 nitrogen and oxygen atoms in total. The molecule has 0 atom stereocenters. The van der Waals surface area contributed by atoms with Crippen molar-refractivity contribution >= 4 is 29.1 Å². The Hall–Kier alpha value is -2.22. The fraction of sp³-hybridized carbons (Fsp3) is 0.0769. The largest absolute Gasteiger partial charge is 0.478 e. The highest BCUT2D eigenvalue weighted by molar-refractivity contribution is 8.00. The van der Waals surface area contributed by atoms with Gasteiger partial charge in [-0.2, -0.15) is 13.2 Å². The highest BCUT2D eigenvalue weighted by Crippen LogP contribution is 2.37. The van der Waals surface area contributed by atoms with Gasteiger partial charge in [-0.1, -0.05) is 0 Å². The molecule has 21 heavy (non-hydrogen) atoms. The monoisotopic (exact) mass is 314 g/mol. The van der Waals surface area contributed by atoms with Gasteiger partial charge in [-0.15, -0.1) is 0 Å². The van der Waals surface area contributed by atoms with E-state index in [1.54, 1.807) is 0 Å². The number of nitrogens with one attached hydrogen (secondary N) is 1. The van der Waals surface area contributed by atoms with E-state index in [4.69, 9.17) is 5.11 Å². The smallest absolute Gasteiger partial charge is 0.446 e. The van der Waals surface area contributed by atoms with Crippen molar-refractivity contribution in [2.45, 2.75) is 10.4 Å². The van der Waals surface area contributed by atoms with Gasteiger partial charge in [0.1, 0.15) is 0 Å². The first-order valence-corrected chi connectivity index (χ1v) is 6.47. The third-order valence-electron chi connectivity index (χ3n) is 2.42. The number of hydrogen-bond acceptors (Lipinski definition) is 4. The lowest BCUT2D eigenvalue weighted by Gasteiger charge is -2.10. The van der Waals surface area contributed by atoms with Crippen LogP contribution in [0, 0.1) is 0 Å². The number of pyridine rings is 1. The van der Waals surface area contributed by atoms with Gasteiger partial charge in [0.15, 0.2) is 0 Å². The number of hydrogen-bond donors (Lipinski definition) is 2. The Morgan fingerprint density at radius 3 is 2.43 bits per heavy atom. The summed E-state index contributed by atoms with van der Waals surface area (Å²) in [5.41, 5.74) is -3.58. The lowest BCUT2D eigenvalue weighted by Crippen LogP contribution is -2.03. The molecule has 0 fully saturated rings. The minimum atomic E-state index is -4.34. The number of halogens is 3. The molecule has 0 spiro atoms. The van der Waals surface area contributed by atoms with Gasteiger partial charge < -0.3 is 10.4 Å². The van der Waals surface area contributed by atoms with Gasteiger partial charge in [0.25, 0.3) is 0 Å². The molecule has 110 valence electrons. The number of carboxylic acid groups (broad SMARTS) is 1. The summed E-state index contributed by atoms with van der Waals surface area (Å²) in [6.07, 6.45) is 2.68. The molecule has 0 aliphatic carbocycles. The molecule has 2 rings (SSSR count). The molecule has 1 heterocycles. The summed E-state index contributed by atoms with van der Waals surface area (Å²) >= 11 is -0.210. The van der Waals surface area contributed by atoms with Crippen LogP contribution in [0.15, 0.2) is 47.6 Å². The quantitative estimate of drug-likeness (QED) is 0.831. The fourth-order valence-electron chi connectivity index (χ4n) is 1.58. The van der Waals surface area contributed by atoms with Crippen molar-refractivity contribution in [3.05, 3.63) is 48.3 Å². The fourth-order valence-corrected chi connectivity index (χ4v) is 2.12. The molecule has 0 radical (unpaired) electrons. The minimum absolute atomic E-state index is 0.0266. The van der Waals surface area contributed by atoms with Crippen LogP contribution in [0.5, 0.6) is 0 Å². The molecular formula is C13H9F3N2O2S. The molecule has 0 saturated heterocycles. The van der Waals surface area contributed by atoms with Gasteiger partial charge in [0.2, 0.25) is 0 Å². The lowest BCUT2D eigenvalue weighted by molar-refractivity contribution is -0.0328. The predicted molar refractivity (Wildman–Crippen MR) is 72.8 cm³/mol. The molecule has 0 aliphatic heterocycles. The molecule has 2 N–H and O–H groups in total. The van der Waals surface area contributed by atoms with Gasteiger partial charge in [-0.25, -0.2) is 4.79 Å². The number of aromatic nitrogens is 1. The minimum Gasteiger partial charge on any atom is -0.478 e. The second kappa shape index (κ2) is 6.04. The van der Waals surface area contributed by atoms with E-state index >= 15 is 0 Å². The summed E-state index contributed by atoms with van der Waals surface area (Å²) in [5.74, 6) is -1.12. The first-order valence-electron chi connectivity index (χ1n) is 5.65. The lowest BCUT2D eigenvalue weighted by atomic mass is 10.2. The number of benzene rings is 1. The SMILES string of the molecule is O=C(O)c1ccncc1Nc1ccc(SC(F)(F)F)cc1. The maximum Gasteiger partial charge on any atom is 0.446 e. The van der Waals surface area contributed by atoms with E-state index in [0.717, 1.165) is 0 Å². The number of thioether (sulfide) groups is 1. The molecule has 0 amide bonds. The predicted octanol–water partition coefficient (Wildman–Crippen LogP) is 4.14. The second-order valence-electron chi connectivity index (χ2n) is 3.92. The summed E-state index contributed by atoms with van der Waals surface area (Å²) in [7, 11) is 0. The zero-order chi connectivity index (χ0) is 15.5. The summed E-state index contributed by atoms with van der Waals surface area (Å²) in [6, 6.07) is 6.81. The van der Waals surface area contributed by atoms with Crippen molar-refractivity contribution in [1.29, 1.82) is 0 Å². The Bertz CT molecular complexity index is 645. The standard InChI is InChI=1S/C13H9F3N2O2S/c14-13(15,16)21-9-3-1-8(2-4-9)18-11-7-17-6-5-10(11)12(19)20/h1-7,18H,(H,19,20). The number of anilines is 2. The second-order valence-corrected chi connectivity index (χ2v) is 5.06. The van der Waals surface area contributed by atoms with Crippen LogP contribution in [0.2, 0.25) is 0 Å². The maximum absolute atomic E-state index is 12.2. The van der Waals surface area contributed by atoms with Crippen LogP contribution >= 0.6 is 11.8 Å². The number of carbonyl (C=O) groups is 1. The molecule has 1 aromatic heterocycles. The van der Waals surface area contributed by atoms with Crippen molar-refractivity contribution < 1.29 is 23.1 Å². The number of nitrogens with zero attached hydrogens (tertiary/aromatic N) is 1. The van der Waals surface area contributed by atoms with Gasteiger partial charge in [-0.3, -0.25) is 4.98 Å². The van der Waals surface area contributed by atoms with Crippen molar-refractivity contribution in [2.75, 3.05) is 5.32 Å². The van der Waals surface area contributed by atoms with E-state index < -0.39 is 11.5 Å². The topological polar surface area (TPSA) is 62.2 Å². The number of carboxylic acids is 1. The number of aromatic carboxylic acids is 1. The zero-order valence-corrected chi connectivity index (χ0v) is 11.2. The van der Waals surface area contributed by atoms with Crippen LogP contribution in [-0.4, -0.2) is 21.6 Å². The van der Waals surface area contributed by atoms with E-state index in [2.05, 4.69) is 10.3 Å². The molecular weight excluding hydrogens is 305 g/mol. The Morgan fingerprint density at radius 2 is 1.86 bits per heavy atom. The Balaban J connectivity index is 2.16. The highest BCUT2D eigenvalue weighted by Gasteiger charge is 2.29. The van der Waals surface area contributed by atoms with Crippen molar-refractivity contribution in [2.24, 2.45) is 0 Å². The van der Waals surface area contributed by atoms with Crippen LogP contribution in [0.25, 0.3) is 0 Å². The Morgan fingerprint density at radius 1 is 1.19 bits per heavy atom. The molecule has 2 aromatic rings. The van der Waals surface area contributed by atoms with Crippen molar-refractivity contribution in [3.63, 3.8) is 0 Å². The van der Waals surface area contributed by atoms with E-state index in [1.807, 2.05) is 0 Å². The average Bonchev–Trinajstić information content (AvgIpc) is 2.40. The summed E-state index contributed by atoms with van der Waals surface area (Å²) in [5, 5.41) is 11.8. The van der Waals surface area contributed by atoms with Crippen LogP contribution < -0.4 is 5.32 Å². The van der Waals surface area contributed by atoms with Crippen LogP contribution in [0.1, 0.15) is 10.4 Å². The van der Waals surface area contributed by atoms with Gasteiger partial charge in [0.05, 0.1) is 17.4 Å². The third-order valence-corrected chi connectivity index (χ3v) is 3.16. The summed E-state index contributed by atoms with van der Waals surface area (Å²) in [4.78, 5) is 14.9. The van der Waals surface area contributed by atoms with Gasteiger partial charge >= 0.3 is 11.5 Å².